The maximum atomic E-state index is 10.4. The van der Waals surface area contributed by atoms with Crippen LogP contribution in [0.1, 0.15) is 45.7 Å². The summed E-state index contributed by atoms with van der Waals surface area (Å²) in [6.07, 6.45) is 1.10. The van der Waals surface area contributed by atoms with Crippen molar-refractivity contribution in [2.75, 3.05) is 23.7 Å². The maximum absolute atomic E-state index is 10.4. The SMILES string of the molecule is CCCNC(C)c1ccc(N2CCSC(C)C2C)cc1O. The molecule has 1 aliphatic rings. The van der Waals surface area contributed by atoms with Crippen LogP contribution in [0.25, 0.3) is 0 Å². The third-order valence-corrected chi connectivity index (χ3v) is 5.73. The lowest BCUT2D eigenvalue weighted by Gasteiger charge is -2.39. The highest BCUT2D eigenvalue weighted by atomic mass is 32.2. The zero-order valence-electron chi connectivity index (χ0n) is 13.6. The van der Waals surface area contributed by atoms with Crippen LogP contribution in [-0.2, 0) is 0 Å². The summed E-state index contributed by atoms with van der Waals surface area (Å²) in [6.45, 7) is 10.8. The number of nitrogens with zero attached hydrogens (tertiary/aromatic N) is 1. The second-order valence-corrected chi connectivity index (χ2v) is 7.41. The van der Waals surface area contributed by atoms with Crippen LogP contribution in [0.2, 0.25) is 0 Å². The Balaban J connectivity index is 2.14. The first-order valence-electron chi connectivity index (χ1n) is 7.99. The molecular formula is C17H28N2OS. The number of rotatable bonds is 5. The molecule has 1 aromatic carbocycles. The van der Waals surface area contributed by atoms with Gasteiger partial charge in [-0.2, -0.15) is 11.8 Å². The molecule has 2 rings (SSSR count). The molecule has 1 aromatic rings. The molecule has 2 N–H and O–H groups in total. The maximum Gasteiger partial charge on any atom is 0.122 e. The molecule has 3 atom stereocenters. The fraction of sp³-hybridized carbons (Fsp3) is 0.647. The molecule has 1 fully saturated rings. The van der Waals surface area contributed by atoms with E-state index < -0.39 is 0 Å². The van der Waals surface area contributed by atoms with Gasteiger partial charge < -0.3 is 15.3 Å². The standard InChI is InChI=1S/C17H28N2OS/c1-5-8-18-12(2)16-7-6-15(11-17(16)20)19-9-10-21-14(4)13(19)3/h6-7,11-14,18,20H,5,8-10H2,1-4H3. The first-order valence-corrected chi connectivity index (χ1v) is 9.04. The topological polar surface area (TPSA) is 35.5 Å². The van der Waals surface area contributed by atoms with Crippen molar-refractivity contribution in [3.63, 3.8) is 0 Å². The van der Waals surface area contributed by atoms with Crippen molar-refractivity contribution < 1.29 is 5.11 Å². The molecule has 1 heterocycles. The van der Waals surface area contributed by atoms with E-state index in [4.69, 9.17) is 0 Å². The van der Waals surface area contributed by atoms with Gasteiger partial charge in [-0.1, -0.05) is 19.9 Å². The van der Waals surface area contributed by atoms with Gasteiger partial charge in [-0.25, -0.2) is 0 Å². The smallest absolute Gasteiger partial charge is 0.122 e. The summed E-state index contributed by atoms with van der Waals surface area (Å²) in [6, 6.07) is 6.84. The number of benzene rings is 1. The van der Waals surface area contributed by atoms with Gasteiger partial charge in [-0.3, -0.25) is 0 Å². The van der Waals surface area contributed by atoms with Crippen LogP contribution in [0, 0.1) is 0 Å². The van der Waals surface area contributed by atoms with Crippen LogP contribution in [0.5, 0.6) is 5.75 Å². The Hall–Kier alpha value is -0.870. The second kappa shape index (κ2) is 7.41. The van der Waals surface area contributed by atoms with Gasteiger partial charge in [0, 0.05) is 46.9 Å². The number of phenolic OH excluding ortho intramolecular Hbond substituents is 1. The van der Waals surface area contributed by atoms with Gasteiger partial charge in [0.05, 0.1) is 0 Å². The van der Waals surface area contributed by atoms with Crippen LogP contribution < -0.4 is 10.2 Å². The Bertz CT molecular complexity index is 466. The van der Waals surface area contributed by atoms with Gasteiger partial charge in [0.15, 0.2) is 0 Å². The van der Waals surface area contributed by atoms with Crippen molar-refractivity contribution >= 4 is 17.4 Å². The largest absolute Gasteiger partial charge is 0.508 e. The summed E-state index contributed by atoms with van der Waals surface area (Å²) >= 11 is 2.03. The highest BCUT2D eigenvalue weighted by Gasteiger charge is 2.26. The molecule has 3 unspecified atom stereocenters. The Morgan fingerprint density at radius 1 is 1.43 bits per heavy atom. The van der Waals surface area contributed by atoms with Crippen LogP contribution >= 0.6 is 11.8 Å². The van der Waals surface area contributed by atoms with Gasteiger partial charge in [0.25, 0.3) is 0 Å². The van der Waals surface area contributed by atoms with Crippen molar-refractivity contribution in [1.29, 1.82) is 0 Å². The van der Waals surface area contributed by atoms with Crippen molar-refractivity contribution in [2.45, 2.75) is 51.4 Å². The number of aromatic hydroxyl groups is 1. The van der Waals surface area contributed by atoms with E-state index in [1.165, 1.54) is 0 Å². The molecule has 1 aliphatic heterocycles. The van der Waals surface area contributed by atoms with Gasteiger partial charge in [0.1, 0.15) is 5.75 Å². The lowest BCUT2D eigenvalue weighted by Crippen LogP contribution is -2.44. The average Bonchev–Trinajstić information content (AvgIpc) is 2.47. The number of anilines is 1. The highest BCUT2D eigenvalue weighted by Crippen LogP contribution is 2.33. The lowest BCUT2D eigenvalue weighted by atomic mass is 10.0. The molecule has 0 saturated carbocycles. The predicted molar refractivity (Wildman–Crippen MR) is 93.5 cm³/mol. The molecule has 0 amide bonds. The second-order valence-electron chi connectivity index (χ2n) is 5.93. The van der Waals surface area contributed by atoms with Crippen molar-refractivity contribution in [2.24, 2.45) is 0 Å². The molecule has 0 bridgehead atoms. The molecule has 1 saturated heterocycles. The van der Waals surface area contributed by atoms with Crippen molar-refractivity contribution in [1.82, 2.24) is 5.32 Å². The van der Waals surface area contributed by atoms with Crippen molar-refractivity contribution in [3.05, 3.63) is 23.8 Å². The van der Waals surface area contributed by atoms with Gasteiger partial charge >= 0.3 is 0 Å². The van der Waals surface area contributed by atoms with Crippen LogP contribution in [0.3, 0.4) is 0 Å². The fourth-order valence-electron chi connectivity index (χ4n) is 2.85. The average molecular weight is 308 g/mol. The zero-order valence-corrected chi connectivity index (χ0v) is 14.4. The van der Waals surface area contributed by atoms with Gasteiger partial charge in [0.2, 0.25) is 0 Å². The quantitative estimate of drug-likeness (QED) is 0.867. The number of phenols is 1. The van der Waals surface area contributed by atoms with E-state index in [9.17, 15) is 5.11 Å². The number of nitrogens with one attached hydrogen (secondary N) is 1. The Labute approximate surface area is 133 Å². The van der Waals surface area contributed by atoms with Crippen LogP contribution in [0.15, 0.2) is 18.2 Å². The minimum atomic E-state index is 0.187. The number of hydrogen-bond acceptors (Lipinski definition) is 4. The third-order valence-electron chi connectivity index (χ3n) is 4.40. The summed E-state index contributed by atoms with van der Waals surface area (Å²) in [5.74, 6) is 1.56. The molecule has 0 radical (unpaired) electrons. The monoisotopic (exact) mass is 308 g/mol. The molecule has 21 heavy (non-hydrogen) atoms. The van der Waals surface area contributed by atoms with E-state index in [1.807, 2.05) is 17.8 Å². The predicted octanol–water partition coefficient (Wildman–Crippen LogP) is 3.78. The van der Waals surface area contributed by atoms with Crippen LogP contribution in [-0.4, -0.2) is 35.2 Å². The van der Waals surface area contributed by atoms with Gasteiger partial charge in [-0.05, 0) is 32.9 Å². The molecule has 0 aliphatic carbocycles. The fourth-order valence-corrected chi connectivity index (χ4v) is 3.94. The summed E-state index contributed by atoms with van der Waals surface area (Å²) in [7, 11) is 0. The molecule has 0 aromatic heterocycles. The minimum Gasteiger partial charge on any atom is -0.508 e. The Kier molecular flexibility index (Phi) is 5.82. The van der Waals surface area contributed by atoms with E-state index in [-0.39, 0.29) is 6.04 Å². The molecular weight excluding hydrogens is 280 g/mol. The number of hydrogen-bond donors (Lipinski definition) is 2. The molecule has 3 nitrogen and oxygen atoms in total. The zero-order chi connectivity index (χ0) is 15.4. The molecule has 4 heteroatoms. The normalized spacial score (nSPS) is 24.1. The van der Waals surface area contributed by atoms with E-state index in [2.05, 4.69) is 50.0 Å². The van der Waals surface area contributed by atoms with E-state index in [0.717, 1.165) is 36.5 Å². The number of thioether (sulfide) groups is 1. The summed E-state index contributed by atoms with van der Waals surface area (Å²) in [4.78, 5) is 2.41. The highest BCUT2D eigenvalue weighted by molar-refractivity contribution is 8.00. The van der Waals surface area contributed by atoms with E-state index in [1.54, 1.807) is 0 Å². The van der Waals surface area contributed by atoms with E-state index >= 15 is 0 Å². The summed E-state index contributed by atoms with van der Waals surface area (Å²) in [5.41, 5.74) is 2.12. The summed E-state index contributed by atoms with van der Waals surface area (Å²) < 4.78 is 0. The molecule has 118 valence electrons. The first kappa shape index (κ1) is 16.5. The molecule has 0 spiro atoms. The summed E-state index contributed by atoms with van der Waals surface area (Å²) in [5, 5.41) is 14.4. The Morgan fingerprint density at radius 3 is 2.86 bits per heavy atom. The van der Waals surface area contributed by atoms with Crippen molar-refractivity contribution in [3.8, 4) is 5.75 Å². The van der Waals surface area contributed by atoms with E-state index in [0.29, 0.717) is 17.0 Å². The van der Waals surface area contributed by atoms with Gasteiger partial charge in [-0.15, -0.1) is 0 Å². The van der Waals surface area contributed by atoms with Crippen LogP contribution in [0.4, 0.5) is 5.69 Å². The third kappa shape index (κ3) is 3.86. The first-order chi connectivity index (χ1) is 10.0. The Morgan fingerprint density at radius 2 is 2.19 bits per heavy atom. The minimum absolute atomic E-state index is 0.187. The lowest BCUT2D eigenvalue weighted by molar-refractivity contribution is 0.452.